The summed E-state index contributed by atoms with van der Waals surface area (Å²) in [4.78, 5) is 16.1. The average Bonchev–Trinajstić information content (AvgIpc) is 3.03. The fourth-order valence-electron chi connectivity index (χ4n) is 2.32. The maximum absolute atomic E-state index is 12.2. The lowest BCUT2D eigenvalue weighted by molar-refractivity contribution is -0.115. The lowest BCUT2D eigenvalue weighted by Crippen LogP contribution is -2.13. The highest BCUT2D eigenvalue weighted by atomic mass is 32.1. The number of carbonyl (C=O) groups is 1. The lowest BCUT2D eigenvalue weighted by Gasteiger charge is -2.05. The monoisotopic (exact) mass is 342 g/mol. The molecule has 0 bridgehead atoms. The fourth-order valence-corrected chi connectivity index (χ4v) is 3.24. The number of hydrogen-bond donors (Lipinski definition) is 1. The SMILES string of the molecule is C=N/C(C)=C\C(C)c1csc(NC(=O)Cc2cccc(OC)c2)c1. The summed E-state index contributed by atoms with van der Waals surface area (Å²) in [6, 6.07) is 9.54. The quantitative estimate of drug-likeness (QED) is 0.745. The van der Waals surface area contributed by atoms with Gasteiger partial charge < -0.3 is 10.1 Å². The van der Waals surface area contributed by atoms with Crippen LogP contribution in [0.1, 0.15) is 30.9 Å². The molecule has 2 rings (SSSR count). The van der Waals surface area contributed by atoms with Crippen LogP contribution in [0.4, 0.5) is 5.00 Å². The topological polar surface area (TPSA) is 50.7 Å². The molecule has 0 aliphatic carbocycles. The molecule has 0 fully saturated rings. The third-order valence-corrected chi connectivity index (χ3v) is 4.51. The largest absolute Gasteiger partial charge is 0.497 e. The highest BCUT2D eigenvalue weighted by Crippen LogP contribution is 2.28. The molecule has 1 atom stereocenters. The Hall–Kier alpha value is -2.40. The number of thiophene rings is 1. The van der Waals surface area contributed by atoms with E-state index in [4.69, 9.17) is 4.74 Å². The number of ether oxygens (including phenoxy) is 1. The number of carbonyl (C=O) groups excluding carboxylic acids is 1. The van der Waals surface area contributed by atoms with Crippen LogP contribution in [0.3, 0.4) is 0 Å². The second kappa shape index (κ2) is 8.45. The molecular weight excluding hydrogens is 320 g/mol. The minimum absolute atomic E-state index is 0.0382. The Morgan fingerprint density at radius 3 is 2.96 bits per heavy atom. The molecule has 0 aliphatic rings. The lowest BCUT2D eigenvalue weighted by atomic mass is 10.0. The number of nitrogens with one attached hydrogen (secondary N) is 1. The highest BCUT2D eigenvalue weighted by molar-refractivity contribution is 7.14. The van der Waals surface area contributed by atoms with Crippen LogP contribution in [0.2, 0.25) is 0 Å². The number of amides is 1. The van der Waals surface area contributed by atoms with Gasteiger partial charge in [0.15, 0.2) is 0 Å². The van der Waals surface area contributed by atoms with Gasteiger partial charge in [-0.05, 0) is 48.3 Å². The molecular formula is C19H22N2O2S. The summed E-state index contributed by atoms with van der Waals surface area (Å²) < 4.78 is 5.18. The molecule has 4 nitrogen and oxygen atoms in total. The van der Waals surface area contributed by atoms with Gasteiger partial charge in [-0.25, -0.2) is 0 Å². The Labute approximate surface area is 146 Å². The molecule has 0 radical (unpaired) electrons. The second-order valence-corrected chi connectivity index (χ2v) is 6.49. The van der Waals surface area contributed by atoms with E-state index < -0.39 is 0 Å². The first kappa shape index (κ1) is 17.9. The van der Waals surface area contributed by atoms with Gasteiger partial charge in [-0.3, -0.25) is 9.79 Å². The predicted molar refractivity (Wildman–Crippen MR) is 101 cm³/mol. The third kappa shape index (κ3) is 5.06. The molecule has 5 heteroatoms. The normalized spacial score (nSPS) is 12.5. The maximum Gasteiger partial charge on any atom is 0.229 e. The number of benzene rings is 1. The number of nitrogens with zero attached hydrogens (tertiary/aromatic N) is 1. The number of aliphatic imine (C=N–C) groups is 1. The molecule has 1 heterocycles. The van der Waals surface area contributed by atoms with Crippen molar-refractivity contribution < 1.29 is 9.53 Å². The van der Waals surface area contributed by atoms with E-state index in [0.29, 0.717) is 6.42 Å². The zero-order valence-corrected chi connectivity index (χ0v) is 15.0. The van der Waals surface area contributed by atoms with E-state index in [2.05, 4.69) is 35.4 Å². The Morgan fingerprint density at radius 2 is 2.25 bits per heavy atom. The predicted octanol–water partition coefficient (Wildman–Crippen LogP) is 4.65. The van der Waals surface area contributed by atoms with Crippen LogP contribution >= 0.6 is 11.3 Å². The molecule has 24 heavy (non-hydrogen) atoms. The first-order valence-corrected chi connectivity index (χ1v) is 8.56. The van der Waals surface area contributed by atoms with Crippen molar-refractivity contribution >= 4 is 29.0 Å². The van der Waals surface area contributed by atoms with E-state index in [-0.39, 0.29) is 11.8 Å². The van der Waals surface area contributed by atoms with Crippen LogP contribution in [0.5, 0.6) is 5.75 Å². The number of rotatable bonds is 7. The number of allylic oxidation sites excluding steroid dienone is 2. The number of anilines is 1. The van der Waals surface area contributed by atoms with Crippen LogP contribution in [0.25, 0.3) is 0 Å². The van der Waals surface area contributed by atoms with E-state index in [1.165, 1.54) is 11.3 Å². The highest BCUT2D eigenvalue weighted by Gasteiger charge is 2.10. The van der Waals surface area contributed by atoms with Crippen LogP contribution in [0.15, 0.2) is 52.5 Å². The van der Waals surface area contributed by atoms with E-state index in [1.54, 1.807) is 7.11 Å². The van der Waals surface area contributed by atoms with E-state index >= 15 is 0 Å². The smallest absolute Gasteiger partial charge is 0.229 e. The van der Waals surface area contributed by atoms with Crippen molar-refractivity contribution in [2.24, 2.45) is 4.99 Å². The molecule has 1 aromatic heterocycles. The Bertz CT molecular complexity index is 749. The van der Waals surface area contributed by atoms with E-state index in [9.17, 15) is 4.79 Å². The van der Waals surface area contributed by atoms with Crippen molar-refractivity contribution in [3.63, 3.8) is 0 Å². The first-order valence-electron chi connectivity index (χ1n) is 7.68. The van der Waals surface area contributed by atoms with Crippen molar-refractivity contribution in [1.82, 2.24) is 0 Å². The molecule has 2 aromatic rings. The minimum Gasteiger partial charge on any atom is -0.497 e. The van der Waals surface area contributed by atoms with Gasteiger partial charge >= 0.3 is 0 Å². The molecule has 0 aliphatic heterocycles. The molecule has 126 valence electrons. The average molecular weight is 342 g/mol. The van der Waals surface area contributed by atoms with E-state index in [1.807, 2.05) is 37.3 Å². The summed E-state index contributed by atoms with van der Waals surface area (Å²) in [6.07, 6.45) is 2.37. The van der Waals surface area contributed by atoms with Gasteiger partial charge in [0.25, 0.3) is 0 Å². The van der Waals surface area contributed by atoms with Crippen LogP contribution in [0, 0.1) is 0 Å². The molecule has 0 spiro atoms. The molecule has 1 N–H and O–H groups in total. The van der Waals surface area contributed by atoms with Crippen molar-refractivity contribution in [3.05, 3.63) is 58.6 Å². The molecule has 1 unspecified atom stereocenters. The molecule has 1 aromatic carbocycles. The zero-order chi connectivity index (χ0) is 17.5. The van der Waals surface area contributed by atoms with Crippen molar-refractivity contribution in [2.45, 2.75) is 26.2 Å². The van der Waals surface area contributed by atoms with Gasteiger partial charge in [0, 0.05) is 11.6 Å². The van der Waals surface area contributed by atoms with Crippen molar-refractivity contribution in [3.8, 4) is 5.75 Å². The standard InChI is InChI=1S/C19H22N2O2S/c1-13(8-14(2)20-3)16-11-19(24-12-16)21-18(22)10-15-6-5-7-17(9-15)23-4/h5-9,11-13H,3,10H2,1-2,4H3,(H,21,22)/b14-8-. The Morgan fingerprint density at radius 1 is 1.46 bits per heavy atom. The van der Waals surface area contributed by atoms with Crippen LogP contribution in [-0.4, -0.2) is 19.7 Å². The van der Waals surface area contributed by atoms with Crippen molar-refractivity contribution in [1.29, 1.82) is 0 Å². The molecule has 1 amide bonds. The number of methoxy groups -OCH3 is 1. The van der Waals surface area contributed by atoms with Crippen molar-refractivity contribution in [2.75, 3.05) is 12.4 Å². The van der Waals surface area contributed by atoms with Gasteiger partial charge in [0.2, 0.25) is 5.91 Å². The van der Waals surface area contributed by atoms with Crippen LogP contribution < -0.4 is 10.1 Å². The van der Waals surface area contributed by atoms with Gasteiger partial charge in [-0.1, -0.05) is 25.1 Å². The minimum atomic E-state index is -0.0382. The zero-order valence-electron chi connectivity index (χ0n) is 14.2. The summed E-state index contributed by atoms with van der Waals surface area (Å²) >= 11 is 1.53. The Kier molecular flexibility index (Phi) is 6.32. The van der Waals surface area contributed by atoms with E-state index in [0.717, 1.165) is 27.6 Å². The van der Waals surface area contributed by atoms with Gasteiger partial charge in [-0.15, -0.1) is 11.3 Å². The summed E-state index contributed by atoms with van der Waals surface area (Å²) in [5, 5.41) is 5.86. The second-order valence-electron chi connectivity index (χ2n) is 5.58. The fraction of sp³-hybridized carbons (Fsp3) is 0.263. The third-order valence-electron chi connectivity index (χ3n) is 3.65. The van der Waals surface area contributed by atoms with Crippen LogP contribution in [-0.2, 0) is 11.2 Å². The number of hydrogen-bond acceptors (Lipinski definition) is 4. The first-order chi connectivity index (χ1) is 11.5. The Balaban J connectivity index is 1.98. The summed E-state index contributed by atoms with van der Waals surface area (Å²) in [5.41, 5.74) is 2.98. The van der Waals surface area contributed by atoms with Gasteiger partial charge in [0.05, 0.1) is 18.5 Å². The summed E-state index contributed by atoms with van der Waals surface area (Å²) in [6.45, 7) is 7.54. The van der Waals surface area contributed by atoms with Gasteiger partial charge in [-0.2, -0.15) is 0 Å². The van der Waals surface area contributed by atoms with Gasteiger partial charge in [0.1, 0.15) is 5.75 Å². The summed E-state index contributed by atoms with van der Waals surface area (Å²) in [5.74, 6) is 0.949. The molecule has 0 saturated heterocycles. The maximum atomic E-state index is 12.2. The molecule has 0 saturated carbocycles. The summed E-state index contributed by atoms with van der Waals surface area (Å²) in [7, 11) is 1.62.